The van der Waals surface area contributed by atoms with Gasteiger partial charge in [0.25, 0.3) is 0 Å². The molecule has 0 unspecified atom stereocenters. The van der Waals surface area contributed by atoms with Gasteiger partial charge in [0, 0.05) is 35.9 Å². The highest BCUT2D eigenvalue weighted by molar-refractivity contribution is 7.16. The van der Waals surface area contributed by atoms with E-state index in [0.717, 1.165) is 25.7 Å². The maximum atomic E-state index is 12.4. The Kier molecular flexibility index (Phi) is 5.18. The lowest BCUT2D eigenvalue weighted by Crippen LogP contribution is -2.16. The third-order valence-electron chi connectivity index (χ3n) is 4.70. The summed E-state index contributed by atoms with van der Waals surface area (Å²) < 4.78 is 41.3. The Hall–Kier alpha value is -3.25. The maximum absolute atomic E-state index is 12.4. The second kappa shape index (κ2) is 8.02. The molecule has 0 amide bonds. The predicted molar refractivity (Wildman–Crippen MR) is 118 cm³/mol. The third kappa shape index (κ3) is 4.23. The number of halogens is 3. The van der Waals surface area contributed by atoms with Gasteiger partial charge in [0.15, 0.2) is 11.6 Å². The van der Waals surface area contributed by atoms with Gasteiger partial charge in [-0.2, -0.15) is 0 Å². The van der Waals surface area contributed by atoms with E-state index in [-0.39, 0.29) is 5.75 Å². The van der Waals surface area contributed by atoms with Crippen molar-refractivity contribution >= 4 is 49.7 Å². The van der Waals surface area contributed by atoms with E-state index >= 15 is 0 Å². The fraction of sp³-hybridized carbons (Fsp3) is 0.200. The van der Waals surface area contributed by atoms with E-state index in [4.69, 9.17) is 0 Å². The molecule has 0 atom stereocenters. The highest BCUT2D eigenvalue weighted by atomic mass is 32.1. The van der Waals surface area contributed by atoms with Crippen LogP contribution in [0, 0.1) is 6.92 Å². The number of hydrogen-bond acceptors (Lipinski definition) is 8. The summed E-state index contributed by atoms with van der Waals surface area (Å²) in [6.07, 6.45) is -0.547. The van der Waals surface area contributed by atoms with E-state index in [0.29, 0.717) is 35.6 Å². The van der Waals surface area contributed by atoms with Crippen LogP contribution in [0.25, 0.3) is 32.0 Å². The summed E-state index contributed by atoms with van der Waals surface area (Å²) in [5.74, 6) is 0.978. The van der Waals surface area contributed by atoms with Crippen molar-refractivity contribution in [3.05, 3.63) is 46.7 Å². The van der Waals surface area contributed by atoms with Crippen LogP contribution in [0.1, 0.15) is 10.6 Å². The number of nitrogens with zero attached hydrogens (tertiary/aromatic N) is 4. The number of ether oxygens (including phenoxy) is 1. The number of fused-ring (bicyclic) bond motifs is 2. The molecule has 4 aromatic heterocycles. The van der Waals surface area contributed by atoms with Gasteiger partial charge >= 0.3 is 6.36 Å². The lowest BCUT2D eigenvalue weighted by atomic mass is 10.1. The van der Waals surface area contributed by atoms with Crippen LogP contribution < -0.4 is 10.1 Å². The van der Waals surface area contributed by atoms with Crippen molar-refractivity contribution in [3.8, 4) is 16.5 Å². The molecule has 7 nitrogen and oxygen atoms in total. The van der Waals surface area contributed by atoms with Crippen LogP contribution in [-0.2, 0) is 6.42 Å². The van der Waals surface area contributed by atoms with Crippen molar-refractivity contribution in [1.29, 1.82) is 0 Å². The lowest BCUT2D eigenvalue weighted by molar-refractivity contribution is -0.274. The predicted octanol–water partition coefficient (Wildman–Crippen LogP) is 5.55. The monoisotopic (exact) mass is 476 g/mol. The van der Waals surface area contributed by atoms with Crippen LogP contribution >= 0.6 is 22.7 Å². The van der Waals surface area contributed by atoms with Crippen LogP contribution in [0.5, 0.6) is 5.75 Å². The number of benzene rings is 1. The number of hydrogen-bond donors (Lipinski definition) is 2. The topological polar surface area (TPSA) is 88.6 Å². The highest BCUT2D eigenvalue weighted by Crippen LogP contribution is 2.30. The molecule has 1 aromatic carbocycles. The Morgan fingerprint density at radius 1 is 1.19 bits per heavy atom. The number of nitrogens with one attached hydrogen (secondary N) is 2. The fourth-order valence-corrected chi connectivity index (χ4v) is 4.71. The normalized spacial score (nSPS) is 12.0. The minimum atomic E-state index is -4.72. The minimum absolute atomic E-state index is 0.255. The number of H-pyrrole nitrogens is 1. The Labute approximate surface area is 187 Å². The van der Waals surface area contributed by atoms with Crippen molar-refractivity contribution in [2.45, 2.75) is 19.7 Å². The molecular weight excluding hydrogens is 461 g/mol. The van der Waals surface area contributed by atoms with Crippen molar-refractivity contribution in [3.63, 3.8) is 0 Å². The molecule has 4 heterocycles. The Morgan fingerprint density at radius 2 is 2.06 bits per heavy atom. The Bertz CT molecular complexity index is 1410. The average Bonchev–Trinajstić information content (AvgIpc) is 3.46. The molecule has 0 aliphatic heterocycles. The molecule has 0 radical (unpaired) electrons. The Morgan fingerprint density at radius 3 is 2.84 bits per heavy atom. The molecule has 0 saturated carbocycles. The molecule has 5 aromatic rings. The van der Waals surface area contributed by atoms with Gasteiger partial charge < -0.3 is 15.0 Å². The highest BCUT2D eigenvalue weighted by Gasteiger charge is 2.31. The molecule has 0 bridgehead atoms. The Balaban J connectivity index is 1.34. The van der Waals surface area contributed by atoms with Gasteiger partial charge in [0.05, 0.1) is 15.4 Å². The van der Waals surface area contributed by atoms with E-state index in [1.165, 1.54) is 34.8 Å². The molecule has 2 N–H and O–H groups in total. The summed E-state index contributed by atoms with van der Waals surface area (Å²) >= 11 is 2.96. The fourth-order valence-electron chi connectivity index (χ4n) is 3.34. The molecule has 164 valence electrons. The van der Waals surface area contributed by atoms with Gasteiger partial charge in [-0.3, -0.25) is 0 Å². The lowest BCUT2D eigenvalue weighted by Gasteiger charge is -2.09. The van der Waals surface area contributed by atoms with Crippen molar-refractivity contribution < 1.29 is 17.9 Å². The molecule has 0 aliphatic rings. The molecule has 32 heavy (non-hydrogen) atoms. The first-order valence-corrected chi connectivity index (χ1v) is 11.2. The zero-order valence-electron chi connectivity index (χ0n) is 16.5. The standard InChI is InChI=1S/C20H15F3N6OS2/c1-10-25-8-15(32-10)17-28-18(16-19(29-17)31-9-27-16)24-5-4-11-7-26-14-6-12(2-3-13(11)14)30-20(21,22)23/h2-3,6-9,26H,4-5H2,1H3,(H,24,28,29). The summed E-state index contributed by atoms with van der Waals surface area (Å²) in [6.45, 7) is 2.48. The van der Waals surface area contributed by atoms with Crippen LogP contribution in [0.15, 0.2) is 36.1 Å². The number of aryl methyl sites for hydroxylation is 1. The number of thiazole rings is 2. The first-order valence-electron chi connectivity index (χ1n) is 9.49. The first kappa shape index (κ1) is 20.6. The average molecular weight is 477 g/mol. The quantitative estimate of drug-likeness (QED) is 0.334. The van der Waals surface area contributed by atoms with Gasteiger partial charge in [-0.1, -0.05) is 0 Å². The SMILES string of the molecule is Cc1ncc(-c2nc(NCCc3c[nH]c4cc(OC(F)(F)F)ccc34)c3ncsc3n2)s1. The van der Waals surface area contributed by atoms with E-state index in [9.17, 15) is 13.2 Å². The van der Waals surface area contributed by atoms with Crippen molar-refractivity contribution in [1.82, 2.24) is 24.9 Å². The zero-order valence-corrected chi connectivity index (χ0v) is 18.2. The largest absolute Gasteiger partial charge is 0.573 e. The van der Waals surface area contributed by atoms with Gasteiger partial charge in [-0.15, -0.1) is 35.8 Å². The zero-order chi connectivity index (χ0) is 22.3. The van der Waals surface area contributed by atoms with Crippen LogP contribution in [0.3, 0.4) is 0 Å². The number of aromatic amines is 1. The summed E-state index contributed by atoms with van der Waals surface area (Å²) in [5.41, 5.74) is 3.97. The summed E-state index contributed by atoms with van der Waals surface area (Å²) in [4.78, 5) is 22.6. The first-order chi connectivity index (χ1) is 15.4. The molecule has 5 rings (SSSR count). The molecule has 12 heteroatoms. The third-order valence-corrected chi connectivity index (χ3v) is 6.33. The number of anilines is 1. The second-order valence-electron chi connectivity index (χ2n) is 6.89. The van der Waals surface area contributed by atoms with Crippen molar-refractivity contribution in [2.24, 2.45) is 0 Å². The van der Waals surface area contributed by atoms with Gasteiger partial charge in [-0.05, 0) is 31.0 Å². The molecular formula is C20H15F3N6OS2. The van der Waals surface area contributed by atoms with E-state index in [1.54, 1.807) is 24.0 Å². The van der Waals surface area contributed by atoms with Crippen LogP contribution in [0.4, 0.5) is 19.0 Å². The van der Waals surface area contributed by atoms with Gasteiger partial charge in [0.1, 0.15) is 16.1 Å². The number of alkyl halides is 3. The smallest absolute Gasteiger partial charge is 0.406 e. The van der Waals surface area contributed by atoms with E-state index in [1.807, 2.05) is 6.92 Å². The molecule has 0 fully saturated rings. The molecule has 0 saturated heterocycles. The maximum Gasteiger partial charge on any atom is 0.573 e. The summed E-state index contributed by atoms with van der Waals surface area (Å²) in [6, 6.07) is 4.27. The second-order valence-corrected chi connectivity index (χ2v) is 8.96. The van der Waals surface area contributed by atoms with Crippen LogP contribution in [-0.4, -0.2) is 37.8 Å². The summed E-state index contributed by atoms with van der Waals surface area (Å²) in [5, 5.41) is 5.10. The van der Waals surface area contributed by atoms with E-state index in [2.05, 4.69) is 35.0 Å². The van der Waals surface area contributed by atoms with E-state index < -0.39 is 6.36 Å². The van der Waals surface area contributed by atoms with Gasteiger partial charge in [0.2, 0.25) is 0 Å². The minimum Gasteiger partial charge on any atom is -0.406 e. The summed E-state index contributed by atoms with van der Waals surface area (Å²) in [7, 11) is 0. The number of rotatable bonds is 6. The van der Waals surface area contributed by atoms with Gasteiger partial charge in [-0.25, -0.2) is 19.9 Å². The molecule has 0 spiro atoms. The number of aromatic nitrogens is 5. The van der Waals surface area contributed by atoms with Crippen LogP contribution in [0.2, 0.25) is 0 Å². The molecule has 0 aliphatic carbocycles. The van der Waals surface area contributed by atoms with Crippen molar-refractivity contribution in [2.75, 3.05) is 11.9 Å².